The van der Waals surface area contributed by atoms with Crippen LogP contribution in [0.2, 0.25) is 0 Å². The monoisotopic (exact) mass is 446 g/mol. The van der Waals surface area contributed by atoms with E-state index in [1.54, 1.807) is 0 Å². The van der Waals surface area contributed by atoms with E-state index in [1.807, 2.05) is 61.5 Å². The summed E-state index contributed by atoms with van der Waals surface area (Å²) >= 11 is 9.93. The Balaban J connectivity index is 1.63. The van der Waals surface area contributed by atoms with Gasteiger partial charge in [-0.1, -0.05) is 46.3 Å². The van der Waals surface area contributed by atoms with Crippen LogP contribution < -0.4 is 16.2 Å². The summed E-state index contributed by atoms with van der Waals surface area (Å²) in [5.74, 6) is -0.277. The molecule has 0 aliphatic rings. The molecule has 0 atom stereocenters. The maximum Gasteiger partial charge on any atom is 0.281 e. The molecule has 0 saturated carbocycles. The number of carbonyl (C=O) groups is 1. The molecule has 3 aromatic rings. The summed E-state index contributed by atoms with van der Waals surface area (Å²) in [6, 6.07) is 17.3. The number of aryl methyl sites for hydroxylation is 1. The van der Waals surface area contributed by atoms with Crippen LogP contribution in [0.15, 0.2) is 59.1 Å². The van der Waals surface area contributed by atoms with Gasteiger partial charge < -0.3 is 5.32 Å². The van der Waals surface area contributed by atoms with Crippen LogP contribution in [-0.2, 0) is 0 Å². The van der Waals surface area contributed by atoms with E-state index < -0.39 is 0 Å². The molecule has 0 aliphatic carbocycles. The Morgan fingerprint density at radius 3 is 2.46 bits per heavy atom. The third kappa shape index (κ3) is 4.66. The lowest BCUT2D eigenvalue weighted by atomic mass is 10.2. The number of nitrogens with one attached hydrogen (secondary N) is 3. The first-order chi connectivity index (χ1) is 12.5. The highest BCUT2D eigenvalue weighted by Gasteiger charge is 2.16. The van der Waals surface area contributed by atoms with Crippen LogP contribution in [0, 0.1) is 6.92 Å². The van der Waals surface area contributed by atoms with E-state index in [9.17, 15) is 4.79 Å². The van der Waals surface area contributed by atoms with Crippen LogP contribution in [0.3, 0.4) is 0 Å². The maximum absolute atomic E-state index is 12.4. The molecule has 0 radical (unpaired) electrons. The van der Waals surface area contributed by atoms with Crippen molar-refractivity contribution in [2.45, 2.75) is 6.92 Å². The van der Waals surface area contributed by atoms with Gasteiger partial charge in [-0.3, -0.25) is 15.6 Å². The summed E-state index contributed by atoms with van der Waals surface area (Å²) in [6.07, 6.45) is 0. The molecule has 0 aliphatic heterocycles. The van der Waals surface area contributed by atoms with Gasteiger partial charge in [-0.05, 0) is 43.4 Å². The number of hydrogen-bond donors (Lipinski definition) is 3. The molecule has 3 rings (SSSR count). The van der Waals surface area contributed by atoms with Crippen molar-refractivity contribution in [3.8, 4) is 10.6 Å². The number of para-hydroxylation sites is 1. The zero-order valence-corrected chi connectivity index (χ0v) is 17.0. The molecule has 5 nitrogen and oxygen atoms in total. The number of hydrogen-bond acceptors (Lipinski definition) is 4. The van der Waals surface area contributed by atoms with Gasteiger partial charge in [-0.15, -0.1) is 11.3 Å². The van der Waals surface area contributed by atoms with Crippen LogP contribution in [-0.4, -0.2) is 16.0 Å². The van der Waals surface area contributed by atoms with E-state index >= 15 is 0 Å². The topological polar surface area (TPSA) is 66.0 Å². The largest absolute Gasteiger partial charge is 0.331 e. The second-order valence-corrected chi connectivity index (χ2v) is 7.66. The van der Waals surface area contributed by atoms with Crippen LogP contribution in [0.4, 0.5) is 5.69 Å². The van der Waals surface area contributed by atoms with Crippen molar-refractivity contribution in [3.63, 3.8) is 0 Å². The van der Waals surface area contributed by atoms with Crippen molar-refractivity contribution >= 4 is 56.2 Å². The number of halogens is 1. The minimum absolute atomic E-state index is 0.277. The van der Waals surface area contributed by atoms with E-state index in [0.29, 0.717) is 15.7 Å². The first-order valence-electron chi connectivity index (χ1n) is 7.68. The molecule has 3 N–H and O–H groups in total. The SMILES string of the molecule is Cc1nc(-c2ccc(Br)cc2)sc1C(=O)NNC(=S)Nc1ccccc1. The molecule has 0 saturated heterocycles. The molecule has 2 aromatic carbocycles. The quantitative estimate of drug-likeness (QED) is 0.407. The zero-order chi connectivity index (χ0) is 18.5. The zero-order valence-electron chi connectivity index (χ0n) is 13.7. The van der Waals surface area contributed by atoms with Gasteiger partial charge in [0.2, 0.25) is 0 Å². The number of benzene rings is 2. The molecule has 0 fully saturated rings. The van der Waals surface area contributed by atoms with Crippen LogP contribution in [0.1, 0.15) is 15.4 Å². The highest BCUT2D eigenvalue weighted by atomic mass is 79.9. The van der Waals surface area contributed by atoms with Crippen LogP contribution in [0.5, 0.6) is 0 Å². The smallest absolute Gasteiger partial charge is 0.281 e. The summed E-state index contributed by atoms with van der Waals surface area (Å²) in [7, 11) is 0. The number of aromatic nitrogens is 1. The average molecular weight is 447 g/mol. The number of hydrazine groups is 1. The Labute approximate surface area is 169 Å². The maximum atomic E-state index is 12.4. The summed E-state index contributed by atoms with van der Waals surface area (Å²) in [6.45, 7) is 1.81. The molecular weight excluding hydrogens is 432 g/mol. The lowest BCUT2D eigenvalue weighted by Crippen LogP contribution is -2.43. The van der Waals surface area contributed by atoms with Crippen molar-refractivity contribution in [1.82, 2.24) is 15.8 Å². The fourth-order valence-corrected chi connectivity index (χ4v) is 3.58. The third-order valence-electron chi connectivity index (χ3n) is 3.42. The predicted octanol–water partition coefficient (Wildman–Crippen LogP) is 4.51. The number of amides is 1. The average Bonchev–Trinajstić information content (AvgIpc) is 3.03. The Morgan fingerprint density at radius 1 is 1.08 bits per heavy atom. The fourth-order valence-electron chi connectivity index (χ4n) is 2.18. The number of carbonyl (C=O) groups excluding carboxylic acids is 1. The van der Waals surface area contributed by atoms with Crippen molar-refractivity contribution in [1.29, 1.82) is 0 Å². The van der Waals surface area contributed by atoms with E-state index in [-0.39, 0.29) is 5.91 Å². The Bertz CT molecular complexity index is 926. The highest BCUT2D eigenvalue weighted by Crippen LogP contribution is 2.28. The number of thiazole rings is 1. The van der Waals surface area contributed by atoms with Gasteiger partial charge in [-0.25, -0.2) is 4.98 Å². The second kappa shape index (κ2) is 8.39. The van der Waals surface area contributed by atoms with E-state index in [4.69, 9.17) is 12.2 Å². The molecular formula is C18H15BrN4OS2. The standard InChI is InChI=1S/C18H15BrN4OS2/c1-11-15(26-17(20-11)12-7-9-13(19)10-8-12)16(24)22-23-18(25)21-14-5-3-2-4-6-14/h2-10H,1H3,(H,22,24)(H2,21,23,25). The summed E-state index contributed by atoms with van der Waals surface area (Å²) in [5.41, 5.74) is 7.79. The number of thiocarbonyl (C=S) groups is 1. The minimum atomic E-state index is -0.277. The van der Waals surface area contributed by atoms with Gasteiger partial charge in [0.25, 0.3) is 5.91 Å². The van der Waals surface area contributed by atoms with Gasteiger partial charge in [0.05, 0.1) is 5.69 Å². The predicted molar refractivity (Wildman–Crippen MR) is 113 cm³/mol. The number of rotatable bonds is 3. The molecule has 0 unspecified atom stereocenters. The van der Waals surface area contributed by atoms with Gasteiger partial charge in [0, 0.05) is 15.7 Å². The molecule has 1 heterocycles. The minimum Gasteiger partial charge on any atom is -0.331 e. The van der Waals surface area contributed by atoms with Crippen molar-refractivity contribution in [3.05, 3.63) is 69.6 Å². The van der Waals surface area contributed by atoms with E-state index in [1.165, 1.54) is 11.3 Å². The first kappa shape index (κ1) is 18.5. The highest BCUT2D eigenvalue weighted by molar-refractivity contribution is 9.10. The van der Waals surface area contributed by atoms with Crippen molar-refractivity contribution in [2.75, 3.05) is 5.32 Å². The molecule has 132 valence electrons. The summed E-state index contributed by atoms with van der Waals surface area (Å²) in [5, 5.41) is 4.09. The summed E-state index contributed by atoms with van der Waals surface area (Å²) in [4.78, 5) is 17.5. The lowest BCUT2D eigenvalue weighted by Gasteiger charge is -2.11. The van der Waals surface area contributed by atoms with Crippen LogP contribution in [0.25, 0.3) is 10.6 Å². The van der Waals surface area contributed by atoms with Crippen LogP contribution >= 0.6 is 39.5 Å². The molecule has 1 amide bonds. The molecule has 0 bridgehead atoms. The van der Waals surface area contributed by atoms with Gasteiger partial charge in [0.1, 0.15) is 9.88 Å². The van der Waals surface area contributed by atoms with Crippen molar-refractivity contribution in [2.24, 2.45) is 0 Å². The van der Waals surface area contributed by atoms with E-state index in [0.717, 1.165) is 20.7 Å². The normalized spacial score (nSPS) is 10.2. The molecule has 0 spiro atoms. The Morgan fingerprint density at radius 2 is 1.77 bits per heavy atom. The summed E-state index contributed by atoms with van der Waals surface area (Å²) < 4.78 is 0.996. The number of nitrogens with zero attached hydrogens (tertiary/aromatic N) is 1. The fraction of sp³-hybridized carbons (Fsp3) is 0.0556. The third-order valence-corrected chi connectivity index (χ3v) is 5.35. The first-order valence-corrected chi connectivity index (χ1v) is 9.70. The number of anilines is 1. The van der Waals surface area contributed by atoms with Gasteiger partial charge in [-0.2, -0.15) is 0 Å². The molecule has 1 aromatic heterocycles. The Kier molecular flexibility index (Phi) is 5.97. The van der Waals surface area contributed by atoms with Gasteiger partial charge in [0.15, 0.2) is 5.11 Å². The molecule has 8 heteroatoms. The Hall–Kier alpha value is -2.29. The van der Waals surface area contributed by atoms with Gasteiger partial charge >= 0.3 is 0 Å². The molecule has 26 heavy (non-hydrogen) atoms. The van der Waals surface area contributed by atoms with E-state index in [2.05, 4.69) is 37.1 Å². The second-order valence-electron chi connectivity index (χ2n) is 5.34. The lowest BCUT2D eigenvalue weighted by molar-refractivity contribution is 0.0947. The van der Waals surface area contributed by atoms with Crippen molar-refractivity contribution < 1.29 is 4.79 Å².